The highest BCUT2D eigenvalue weighted by Crippen LogP contribution is 2.23. The molecule has 1 amide bonds. The van der Waals surface area contributed by atoms with Crippen LogP contribution >= 0.6 is 0 Å². The Morgan fingerprint density at radius 1 is 1.55 bits per heavy atom. The molecule has 0 aliphatic carbocycles. The molecular formula is C13H13N3O4. The van der Waals surface area contributed by atoms with E-state index in [-0.39, 0.29) is 18.2 Å². The average Bonchev–Trinajstić information content (AvgIpc) is 3.14. The molecule has 2 aromatic rings. The lowest BCUT2D eigenvalue weighted by Crippen LogP contribution is -2.49. The van der Waals surface area contributed by atoms with E-state index in [9.17, 15) is 9.59 Å². The number of nitrogens with zero attached hydrogens (tertiary/aromatic N) is 2. The maximum atomic E-state index is 12.4. The van der Waals surface area contributed by atoms with Crippen molar-refractivity contribution in [1.82, 2.24) is 14.9 Å². The molecule has 0 saturated carbocycles. The van der Waals surface area contributed by atoms with Crippen LogP contribution in [0.15, 0.2) is 29.1 Å². The number of hydrogen-bond acceptors (Lipinski definition) is 5. The minimum Gasteiger partial charge on any atom is -0.467 e. The molecule has 0 aromatic carbocycles. The number of aromatic amines is 1. The van der Waals surface area contributed by atoms with Crippen molar-refractivity contribution in [3.05, 3.63) is 41.9 Å². The van der Waals surface area contributed by atoms with E-state index >= 15 is 0 Å². The van der Waals surface area contributed by atoms with Gasteiger partial charge in [-0.1, -0.05) is 0 Å². The number of ether oxygens (including phenoxy) is 1. The van der Waals surface area contributed by atoms with Crippen LogP contribution in [0.5, 0.6) is 0 Å². The summed E-state index contributed by atoms with van der Waals surface area (Å²) >= 11 is 0. The number of fused-ring (bicyclic) bond motifs is 1. The van der Waals surface area contributed by atoms with Gasteiger partial charge in [-0.25, -0.2) is 9.78 Å². The number of aromatic nitrogens is 2. The summed E-state index contributed by atoms with van der Waals surface area (Å²) in [7, 11) is 1.30. The van der Waals surface area contributed by atoms with Crippen LogP contribution in [-0.4, -0.2) is 39.9 Å². The Labute approximate surface area is 114 Å². The van der Waals surface area contributed by atoms with Crippen LogP contribution < -0.4 is 0 Å². The molecule has 20 heavy (non-hydrogen) atoms. The summed E-state index contributed by atoms with van der Waals surface area (Å²) in [6.07, 6.45) is 3.31. The molecule has 7 heteroatoms. The highest BCUT2D eigenvalue weighted by Gasteiger charge is 2.37. The van der Waals surface area contributed by atoms with Gasteiger partial charge in [-0.15, -0.1) is 0 Å². The number of carbonyl (C=O) groups excluding carboxylic acids is 2. The fraction of sp³-hybridized carbons (Fsp3) is 0.308. The molecule has 0 spiro atoms. The van der Waals surface area contributed by atoms with Crippen molar-refractivity contribution in [2.75, 3.05) is 7.11 Å². The van der Waals surface area contributed by atoms with Crippen molar-refractivity contribution in [1.29, 1.82) is 0 Å². The highest BCUT2D eigenvalue weighted by atomic mass is 16.5. The van der Waals surface area contributed by atoms with E-state index in [1.54, 1.807) is 18.5 Å². The van der Waals surface area contributed by atoms with Gasteiger partial charge in [-0.2, -0.15) is 0 Å². The number of imidazole rings is 1. The van der Waals surface area contributed by atoms with Gasteiger partial charge < -0.3 is 19.0 Å². The van der Waals surface area contributed by atoms with Crippen molar-refractivity contribution >= 4 is 11.9 Å². The lowest BCUT2D eigenvalue weighted by molar-refractivity contribution is -0.146. The Balaban J connectivity index is 1.94. The van der Waals surface area contributed by atoms with E-state index in [4.69, 9.17) is 9.15 Å². The molecule has 104 valence electrons. The van der Waals surface area contributed by atoms with Crippen LogP contribution in [0.1, 0.15) is 21.9 Å². The number of furan rings is 1. The van der Waals surface area contributed by atoms with Crippen molar-refractivity contribution in [2.24, 2.45) is 0 Å². The summed E-state index contributed by atoms with van der Waals surface area (Å²) in [4.78, 5) is 32.9. The normalized spacial score (nSPS) is 17.6. The lowest BCUT2D eigenvalue weighted by atomic mass is 10.0. The molecule has 0 bridgehead atoms. The molecule has 1 unspecified atom stereocenters. The van der Waals surface area contributed by atoms with Crippen LogP contribution in [-0.2, 0) is 22.5 Å². The first-order chi connectivity index (χ1) is 9.70. The van der Waals surface area contributed by atoms with Crippen LogP contribution in [0, 0.1) is 0 Å². The lowest BCUT2D eigenvalue weighted by Gasteiger charge is -2.32. The van der Waals surface area contributed by atoms with E-state index < -0.39 is 12.0 Å². The third-order valence-corrected chi connectivity index (χ3v) is 3.36. The first-order valence-corrected chi connectivity index (χ1v) is 6.14. The Hall–Kier alpha value is -2.57. The number of methoxy groups -OCH3 is 1. The number of rotatable bonds is 2. The zero-order valence-corrected chi connectivity index (χ0v) is 10.8. The maximum absolute atomic E-state index is 12.4. The molecule has 1 aliphatic heterocycles. The van der Waals surface area contributed by atoms with Gasteiger partial charge in [-0.3, -0.25) is 4.79 Å². The van der Waals surface area contributed by atoms with Crippen molar-refractivity contribution in [3.63, 3.8) is 0 Å². The van der Waals surface area contributed by atoms with Crippen LogP contribution in [0.2, 0.25) is 0 Å². The van der Waals surface area contributed by atoms with Gasteiger partial charge in [0.25, 0.3) is 5.91 Å². The molecule has 3 heterocycles. The molecule has 7 nitrogen and oxygen atoms in total. The fourth-order valence-corrected chi connectivity index (χ4v) is 2.34. The third-order valence-electron chi connectivity index (χ3n) is 3.36. The standard InChI is InChI=1S/C13H13N3O4/c1-19-13(18)10-5-8-9(15-7-14-8)6-16(10)12(17)11-3-2-4-20-11/h2-4,7,10H,5-6H2,1H3,(H,14,15). The number of H-pyrrole nitrogens is 1. The topological polar surface area (TPSA) is 88.4 Å². The minimum absolute atomic E-state index is 0.196. The SMILES string of the molecule is COC(=O)C1Cc2nc[nH]c2CN1C(=O)c1ccco1. The van der Waals surface area contributed by atoms with Crippen molar-refractivity contribution < 1.29 is 18.7 Å². The van der Waals surface area contributed by atoms with Gasteiger partial charge >= 0.3 is 5.97 Å². The van der Waals surface area contributed by atoms with Gasteiger partial charge in [0.1, 0.15) is 6.04 Å². The molecule has 0 fully saturated rings. The van der Waals surface area contributed by atoms with E-state index in [0.29, 0.717) is 6.42 Å². The third kappa shape index (κ3) is 1.97. The molecule has 3 rings (SSSR count). The predicted molar refractivity (Wildman–Crippen MR) is 66.7 cm³/mol. The first kappa shape index (κ1) is 12.5. The van der Waals surface area contributed by atoms with Crippen LogP contribution in [0.3, 0.4) is 0 Å². The van der Waals surface area contributed by atoms with Gasteiger partial charge in [0.15, 0.2) is 5.76 Å². The highest BCUT2D eigenvalue weighted by molar-refractivity contribution is 5.94. The molecule has 1 atom stereocenters. The molecular weight excluding hydrogens is 262 g/mol. The summed E-state index contributed by atoms with van der Waals surface area (Å²) in [6.45, 7) is 0.272. The van der Waals surface area contributed by atoms with Gasteiger partial charge in [-0.05, 0) is 12.1 Å². The Morgan fingerprint density at radius 3 is 3.10 bits per heavy atom. The number of amides is 1. The molecule has 0 saturated heterocycles. The minimum atomic E-state index is -0.687. The molecule has 0 radical (unpaired) electrons. The Kier molecular flexibility index (Phi) is 3.02. The molecule has 1 aliphatic rings. The summed E-state index contributed by atoms with van der Waals surface area (Å²) in [5.74, 6) is -0.605. The quantitative estimate of drug-likeness (QED) is 0.817. The number of hydrogen-bond donors (Lipinski definition) is 1. The number of esters is 1. The van der Waals surface area contributed by atoms with E-state index in [1.165, 1.54) is 18.3 Å². The smallest absolute Gasteiger partial charge is 0.329 e. The zero-order chi connectivity index (χ0) is 14.1. The van der Waals surface area contributed by atoms with Crippen molar-refractivity contribution in [3.8, 4) is 0 Å². The zero-order valence-electron chi connectivity index (χ0n) is 10.8. The predicted octanol–water partition coefficient (Wildman–Crippen LogP) is 0.743. The second-order valence-corrected chi connectivity index (χ2v) is 4.48. The van der Waals surface area contributed by atoms with Gasteiger partial charge in [0, 0.05) is 6.42 Å². The summed E-state index contributed by atoms with van der Waals surface area (Å²) in [6, 6.07) is 2.51. The average molecular weight is 275 g/mol. The number of carbonyl (C=O) groups is 2. The van der Waals surface area contributed by atoms with E-state index in [0.717, 1.165) is 11.4 Å². The Bertz CT molecular complexity index is 632. The second-order valence-electron chi connectivity index (χ2n) is 4.48. The van der Waals surface area contributed by atoms with Crippen LogP contribution in [0.25, 0.3) is 0 Å². The number of nitrogens with one attached hydrogen (secondary N) is 1. The van der Waals surface area contributed by atoms with Crippen LogP contribution in [0.4, 0.5) is 0 Å². The first-order valence-electron chi connectivity index (χ1n) is 6.14. The van der Waals surface area contributed by atoms with Crippen molar-refractivity contribution in [2.45, 2.75) is 19.0 Å². The van der Waals surface area contributed by atoms with E-state index in [1.807, 2.05) is 0 Å². The van der Waals surface area contributed by atoms with Gasteiger partial charge in [0.05, 0.1) is 37.6 Å². The summed E-state index contributed by atoms with van der Waals surface area (Å²) in [5.41, 5.74) is 1.61. The maximum Gasteiger partial charge on any atom is 0.329 e. The fourth-order valence-electron chi connectivity index (χ4n) is 2.34. The summed E-state index contributed by atoms with van der Waals surface area (Å²) < 4.78 is 9.89. The Morgan fingerprint density at radius 2 is 2.40 bits per heavy atom. The van der Waals surface area contributed by atoms with Gasteiger partial charge in [0.2, 0.25) is 0 Å². The summed E-state index contributed by atoms with van der Waals surface area (Å²) in [5, 5.41) is 0. The molecule has 1 N–H and O–H groups in total. The second kappa shape index (κ2) is 4.84. The largest absolute Gasteiger partial charge is 0.467 e. The monoisotopic (exact) mass is 275 g/mol. The van der Waals surface area contributed by atoms with E-state index in [2.05, 4.69) is 9.97 Å². The molecule has 2 aromatic heterocycles.